The summed E-state index contributed by atoms with van der Waals surface area (Å²) in [6, 6.07) is 11.9. The predicted octanol–water partition coefficient (Wildman–Crippen LogP) is 2.63. The van der Waals surface area contributed by atoms with Gasteiger partial charge in [0.25, 0.3) is 5.91 Å². The van der Waals surface area contributed by atoms with E-state index in [9.17, 15) is 9.90 Å². The minimum Gasteiger partial charge on any atom is -0.382 e. The van der Waals surface area contributed by atoms with Gasteiger partial charge in [-0.2, -0.15) is 0 Å². The van der Waals surface area contributed by atoms with Crippen LogP contribution in [0.2, 0.25) is 0 Å². The average molecular weight is 259 g/mol. The molecule has 3 nitrogen and oxygen atoms in total. The molecule has 18 heavy (non-hydrogen) atoms. The molecule has 0 aliphatic carbocycles. The predicted molar refractivity (Wildman–Crippen MR) is 73.9 cm³/mol. The largest absolute Gasteiger partial charge is 0.382 e. The van der Waals surface area contributed by atoms with E-state index in [0.29, 0.717) is 0 Å². The molecular formula is C14H13NO2S. The first kappa shape index (κ1) is 11.6. The molecule has 1 amide bonds. The summed E-state index contributed by atoms with van der Waals surface area (Å²) in [7, 11) is 0. The number of fused-ring (bicyclic) bond motifs is 3. The van der Waals surface area contributed by atoms with E-state index in [1.807, 2.05) is 43.3 Å². The van der Waals surface area contributed by atoms with Crippen molar-refractivity contribution in [1.29, 1.82) is 0 Å². The first-order chi connectivity index (χ1) is 8.66. The Kier molecular flexibility index (Phi) is 2.76. The zero-order valence-corrected chi connectivity index (χ0v) is 10.7. The number of nitrogens with one attached hydrogen (secondary N) is 1. The molecule has 0 fully saturated rings. The molecule has 1 aliphatic rings. The first-order valence-electron chi connectivity index (χ1n) is 5.84. The van der Waals surface area contributed by atoms with Crippen LogP contribution >= 0.6 is 11.8 Å². The molecule has 0 unspecified atom stereocenters. The second-order valence-corrected chi connectivity index (χ2v) is 5.81. The van der Waals surface area contributed by atoms with Gasteiger partial charge < -0.3 is 10.4 Å². The highest BCUT2D eigenvalue weighted by atomic mass is 32.2. The van der Waals surface area contributed by atoms with Crippen LogP contribution in [0.15, 0.2) is 41.3 Å². The standard InChI is InChI=1S/C14H13NO2S/c1-8-12(16)14(17)15-11-7-6-9-4-2-3-5-10(9)13(11)18-8/h2-8,12,16H,1H3,(H,15,17)/t8-,12-/m0/s1. The monoisotopic (exact) mass is 259 g/mol. The van der Waals surface area contributed by atoms with E-state index in [1.54, 1.807) is 11.8 Å². The molecule has 0 aromatic heterocycles. The molecule has 2 aromatic rings. The van der Waals surface area contributed by atoms with Gasteiger partial charge in [0.05, 0.1) is 5.69 Å². The van der Waals surface area contributed by atoms with Gasteiger partial charge in [-0.1, -0.05) is 30.3 Å². The molecule has 92 valence electrons. The normalized spacial score (nSPS) is 23.3. The third-order valence-corrected chi connectivity index (χ3v) is 4.46. The van der Waals surface area contributed by atoms with Crippen molar-refractivity contribution in [3.05, 3.63) is 36.4 Å². The van der Waals surface area contributed by atoms with Crippen molar-refractivity contribution in [3.63, 3.8) is 0 Å². The number of aliphatic hydroxyl groups is 1. The highest BCUT2D eigenvalue weighted by molar-refractivity contribution is 8.00. The molecule has 2 atom stereocenters. The molecular weight excluding hydrogens is 246 g/mol. The first-order valence-corrected chi connectivity index (χ1v) is 6.72. The highest BCUT2D eigenvalue weighted by Gasteiger charge is 2.29. The zero-order valence-electron chi connectivity index (χ0n) is 9.88. The fourth-order valence-corrected chi connectivity index (χ4v) is 3.32. The second-order valence-electron chi connectivity index (χ2n) is 4.42. The number of thioether (sulfide) groups is 1. The summed E-state index contributed by atoms with van der Waals surface area (Å²) in [6.07, 6.45) is -0.971. The molecule has 0 spiro atoms. The number of carbonyl (C=O) groups is 1. The Morgan fingerprint density at radius 2 is 2.00 bits per heavy atom. The third-order valence-electron chi connectivity index (χ3n) is 3.15. The van der Waals surface area contributed by atoms with Gasteiger partial charge in [0.15, 0.2) is 0 Å². The van der Waals surface area contributed by atoms with E-state index >= 15 is 0 Å². The van der Waals surface area contributed by atoms with E-state index in [-0.39, 0.29) is 11.2 Å². The van der Waals surface area contributed by atoms with Crippen molar-refractivity contribution in [1.82, 2.24) is 0 Å². The van der Waals surface area contributed by atoms with Gasteiger partial charge in [0, 0.05) is 10.1 Å². The molecule has 1 heterocycles. The average Bonchev–Trinajstić information content (AvgIpc) is 2.49. The molecule has 0 radical (unpaired) electrons. The fourth-order valence-electron chi connectivity index (χ4n) is 2.14. The molecule has 0 saturated carbocycles. The Labute approximate surface area is 109 Å². The van der Waals surface area contributed by atoms with E-state index in [1.165, 1.54) is 0 Å². The van der Waals surface area contributed by atoms with Crippen LogP contribution in [0.25, 0.3) is 10.8 Å². The number of amides is 1. The number of carbonyl (C=O) groups excluding carboxylic acids is 1. The lowest BCUT2D eigenvalue weighted by Gasteiger charge is -2.13. The van der Waals surface area contributed by atoms with E-state index in [2.05, 4.69) is 5.32 Å². The van der Waals surface area contributed by atoms with Crippen molar-refractivity contribution >= 4 is 34.1 Å². The van der Waals surface area contributed by atoms with Gasteiger partial charge in [-0.3, -0.25) is 4.79 Å². The Morgan fingerprint density at radius 1 is 1.22 bits per heavy atom. The number of benzene rings is 2. The Hall–Kier alpha value is -1.52. The molecule has 2 aromatic carbocycles. The summed E-state index contributed by atoms with van der Waals surface area (Å²) in [5, 5.41) is 14.7. The maximum Gasteiger partial charge on any atom is 0.254 e. The van der Waals surface area contributed by atoms with Gasteiger partial charge in [0.2, 0.25) is 0 Å². The van der Waals surface area contributed by atoms with Gasteiger partial charge in [-0.05, 0) is 23.8 Å². The molecule has 1 aliphatic heterocycles. The van der Waals surface area contributed by atoms with Crippen molar-refractivity contribution in [2.24, 2.45) is 0 Å². The summed E-state index contributed by atoms with van der Waals surface area (Å²) >= 11 is 1.54. The van der Waals surface area contributed by atoms with Crippen LogP contribution in [0, 0.1) is 0 Å². The van der Waals surface area contributed by atoms with Crippen molar-refractivity contribution in [3.8, 4) is 0 Å². The maximum atomic E-state index is 11.7. The van der Waals surface area contributed by atoms with Crippen LogP contribution in [0.3, 0.4) is 0 Å². The van der Waals surface area contributed by atoms with Crippen LogP contribution in [0.5, 0.6) is 0 Å². The number of hydrogen-bond donors (Lipinski definition) is 2. The van der Waals surface area contributed by atoms with E-state index < -0.39 is 6.10 Å². The van der Waals surface area contributed by atoms with E-state index in [4.69, 9.17) is 0 Å². The van der Waals surface area contributed by atoms with Gasteiger partial charge in [-0.25, -0.2) is 0 Å². The fraction of sp³-hybridized carbons (Fsp3) is 0.214. The van der Waals surface area contributed by atoms with Crippen LogP contribution in [0.4, 0.5) is 5.69 Å². The van der Waals surface area contributed by atoms with E-state index in [0.717, 1.165) is 21.4 Å². The molecule has 3 rings (SSSR count). The van der Waals surface area contributed by atoms with Gasteiger partial charge in [-0.15, -0.1) is 11.8 Å². The molecule has 0 saturated heterocycles. The summed E-state index contributed by atoms with van der Waals surface area (Å²) in [6.45, 7) is 1.87. The van der Waals surface area contributed by atoms with Crippen molar-refractivity contribution < 1.29 is 9.90 Å². The Morgan fingerprint density at radius 3 is 2.83 bits per heavy atom. The van der Waals surface area contributed by atoms with Gasteiger partial charge in [0.1, 0.15) is 6.10 Å². The van der Waals surface area contributed by atoms with Crippen LogP contribution in [-0.4, -0.2) is 22.4 Å². The lowest BCUT2D eigenvalue weighted by atomic mass is 10.1. The van der Waals surface area contributed by atoms with Gasteiger partial charge >= 0.3 is 0 Å². The number of hydrogen-bond acceptors (Lipinski definition) is 3. The maximum absolute atomic E-state index is 11.7. The summed E-state index contributed by atoms with van der Waals surface area (Å²) in [5.74, 6) is -0.330. The second kappa shape index (κ2) is 4.30. The quantitative estimate of drug-likeness (QED) is 0.764. The third kappa shape index (κ3) is 1.78. The summed E-state index contributed by atoms with van der Waals surface area (Å²) < 4.78 is 0. The van der Waals surface area contributed by atoms with Crippen LogP contribution < -0.4 is 5.32 Å². The Bertz CT molecular complexity index is 626. The van der Waals surface area contributed by atoms with Crippen molar-refractivity contribution in [2.45, 2.75) is 23.2 Å². The minimum absolute atomic E-state index is 0.156. The molecule has 0 bridgehead atoms. The number of anilines is 1. The molecule has 4 heteroatoms. The minimum atomic E-state index is -0.971. The summed E-state index contributed by atoms with van der Waals surface area (Å²) in [4.78, 5) is 12.8. The lowest BCUT2D eigenvalue weighted by Crippen LogP contribution is -2.32. The van der Waals surface area contributed by atoms with Crippen molar-refractivity contribution in [2.75, 3.05) is 5.32 Å². The van der Waals surface area contributed by atoms with Crippen LogP contribution in [-0.2, 0) is 4.79 Å². The van der Waals surface area contributed by atoms with Crippen LogP contribution in [0.1, 0.15) is 6.92 Å². The lowest BCUT2D eigenvalue weighted by molar-refractivity contribution is -0.123. The Balaban J connectivity index is 2.22. The highest BCUT2D eigenvalue weighted by Crippen LogP contribution is 2.40. The number of rotatable bonds is 0. The molecule has 2 N–H and O–H groups in total. The summed E-state index contributed by atoms with van der Waals surface area (Å²) in [5.41, 5.74) is 0.784. The number of aliphatic hydroxyl groups excluding tert-OH is 1. The SMILES string of the molecule is C[C@@H]1Sc2c(ccc3ccccc23)NC(=O)[C@H]1O. The topological polar surface area (TPSA) is 49.3 Å². The zero-order chi connectivity index (χ0) is 12.7. The smallest absolute Gasteiger partial charge is 0.254 e.